The van der Waals surface area contributed by atoms with Crippen molar-refractivity contribution in [3.05, 3.63) is 30.3 Å². The highest BCUT2D eigenvalue weighted by atomic mass is 16.5. The zero-order chi connectivity index (χ0) is 16.6. The van der Waals surface area contributed by atoms with E-state index in [0.717, 1.165) is 5.52 Å². The summed E-state index contributed by atoms with van der Waals surface area (Å²) in [7, 11) is 3.32. The molecule has 0 aliphatic heterocycles. The standard InChI is InChI=1S/C16H16N2O5/c1-4-22-16(20)10-8-23-15(17-10)9-7-18(2)11-5-6-12(21-3)14(19)13(9)11/h5-8,19H,4H2,1-3H3. The minimum Gasteiger partial charge on any atom is -0.504 e. The second-order valence-corrected chi connectivity index (χ2v) is 4.92. The lowest BCUT2D eigenvalue weighted by atomic mass is 10.1. The van der Waals surface area contributed by atoms with Crippen LogP contribution in [0.1, 0.15) is 17.4 Å². The van der Waals surface area contributed by atoms with Crippen LogP contribution < -0.4 is 4.74 Å². The van der Waals surface area contributed by atoms with E-state index in [4.69, 9.17) is 13.9 Å². The van der Waals surface area contributed by atoms with Crippen LogP contribution in [0.2, 0.25) is 0 Å². The SMILES string of the molecule is CCOC(=O)c1coc(-c2cn(C)c3ccc(OC)c(O)c23)n1. The smallest absolute Gasteiger partial charge is 0.360 e. The Morgan fingerprint density at radius 2 is 2.22 bits per heavy atom. The van der Waals surface area contributed by atoms with Crippen molar-refractivity contribution in [2.45, 2.75) is 6.92 Å². The van der Waals surface area contributed by atoms with Gasteiger partial charge in [-0.15, -0.1) is 0 Å². The van der Waals surface area contributed by atoms with Gasteiger partial charge in [0.1, 0.15) is 6.26 Å². The van der Waals surface area contributed by atoms with Crippen molar-refractivity contribution in [2.75, 3.05) is 13.7 Å². The third-order valence-corrected chi connectivity index (χ3v) is 3.53. The lowest BCUT2D eigenvalue weighted by molar-refractivity contribution is 0.0519. The Labute approximate surface area is 132 Å². The number of phenols is 1. The molecule has 2 aromatic heterocycles. The Hall–Kier alpha value is -2.96. The van der Waals surface area contributed by atoms with Crippen LogP contribution in [-0.4, -0.2) is 34.3 Å². The van der Waals surface area contributed by atoms with Gasteiger partial charge in [-0.2, -0.15) is 0 Å². The van der Waals surface area contributed by atoms with Gasteiger partial charge >= 0.3 is 5.97 Å². The van der Waals surface area contributed by atoms with E-state index in [9.17, 15) is 9.90 Å². The van der Waals surface area contributed by atoms with E-state index in [1.807, 2.05) is 17.7 Å². The fourth-order valence-electron chi connectivity index (χ4n) is 2.47. The minimum absolute atomic E-state index is 0.00325. The number of oxazole rings is 1. The molecule has 0 unspecified atom stereocenters. The summed E-state index contributed by atoms with van der Waals surface area (Å²) >= 11 is 0. The van der Waals surface area contributed by atoms with E-state index in [1.54, 1.807) is 19.2 Å². The highest BCUT2D eigenvalue weighted by Gasteiger charge is 2.21. The molecule has 0 saturated heterocycles. The van der Waals surface area contributed by atoms with E-state index in [1.165, 1.54) is 13.4 Å². The first-order valence-corrected chi connectivity index (χ1v) is 7.04. The molecule has 3 aromatic rings. The summed E-state index contributed by atoms with van der Waals surface area (Å²) in [6, 6.07) is 3.51. The molecule has 1 aromatic carbocycles. The molecular formula is C16H16N2O5. The van der Waals surface area contributed by atoms with Crippen molar-refractivity contribution in [1.29, 1.82) is 0 Å². The molecule has 0 saturated carbocycles. The number of methoxy groups -OCH3 is 1. The summed E-state index contributed by atoms with van der Waals surface area (Å²) < 4.78 is 17.3. The number of benzene rings is 1. The maximum Gasteiger partial charge on any atom is 0.360 e. The highest BCUT2D eigenvalue weighted by molar-refractivity contribution is 6.00. The largest absolute Gasteiger partial charge is 0.504 e. The second kappa shape index (κ2) is 5.68. The van der Waals surface area contributed by atoms with Gasteiger partial charge in [0.05, 0.1) is 30.2 Å². The van der Waals surface area contributed by atoms with E-state index in [-0.39, 0.29) is 23.9 Å². The first-order chi connectivity index (χ1) is 11.1. The molecule has 0 amide bonds. The third-order valence-electron chi connectivity index (χ3n) is 3.53. The van der Waals surface area contributed by atoms with Gasteiger partial charge in [0.15, 0.2) is 17.2 Å². The van der Waals surface area contributed by atoms with Crippen LogP contribution >= 0.6 is 0 Å². The quantitative estimate of drug-likeness (QED) is 0.745. The lowest BCUT2D eigenvalue weighted by Crippen LogP contribution is -2.04. The zero-order valence-electron chi connectivity index (χ0n) is 13.0. The summed E-state index contributed by atoms with van der Waals surface area (Å²) in [6.45, 7) is 1.97. The van der Waals surface area contributed by atoms with E-state index in [0.29, 0.717) is 16.7 Å². The normalized spacial score (nSPS) is 10.9. The van der Waals surface area contributed by atoms with Crippen LogP contribution in [0.3, 0.4) is 0 Å². The Kier molecular flexibility index (Phi) is 3.69. The van der Waals surface area contributed by atoms with E-state index < -0.39 is 5.97 Å². The second-order valence-electron chi connectivity index (χ2n) is 4.92. The fraction of sp³-hybridized carbons (Fsp3) is 0.250. The van der Waals surface area contributed by atoms with Gasteiger partial charge in [-0.05, 0) is 19.1 Å². The van der Waals surface area contributed by atoms with E-state index >= 15 is 0 Å². The van der Waals surface area contributed by atoms with Crippen LogP contribution in [0.25, 0.3) is 22.4 Å². The number of phenolic OH excluding ortho intramolecular Hbond substituents is 1. The zero-order valence-corrected chi connectivity index (χ0v) is 13.0. The average molecular weight is 316 g/mol. The summed E-state index contributed by atoms with van der Waals surface area (Å²) in [5.41, 5.74) is 1.44. The van der Waals surface area contributed by atoms with Crippen molar-refractivity contribution in [1.82, 2.24) is 9.55 Å². The van der Waals surface area contributed by atoms with Crippen molar-refractivity contribution in [3.63, 3.8) is 0 Å². The molecule has 0 spiro atoms. The first kappa shape index (κ1) is 15.0. The molecule has 0 radical (unpaired) electrons. The van der Waals surface area contributed by atoms with Crippen molar-refractivity contribution in [3.8, 4) is 23.0 Å². The van der Waals surface area contributed by atoms with Gasteiger partial charge in [-0.1, -0.05) is 0 Å². The minimum atomic E-state index is -0.551. The number of nitrogens with zero attached hydrogens (tertiary/aromatic N) is 2. The Balaban J connectivity index is 2.15. The van der Waals surface area contributed by atoms with E-state index in [2.05, 4.69) is 4.98 Å². The molecule has 7 nitrogen and oxygen atoms in total. The molecule has 23 heavy (non-hydrogen) atoms. The number of ether oxygens (including phenoxy) is 2. The number of aryl methyl sites for hydroxylation is 1. The van der Waals surface area contributed by atoms with Gasteiger partial charge in [-0.25, -0.2) is 9.78 Å². The summed E-state index contributed by atoms with van der Waals surface area (Å²) in [5.74, 6) is 0.0188. The average Bonchev–Trinajstić information content (AvgIpc) is 3.13. The van der Waals surface area contributed by atoms with Gasteiger partial charge in [0, 0.05) is 13.2 Å². The molecule has 0 atom stereocenters. The predicted molar refractivity (Wildman–Crippen MR) is 82.6 cm³/mol. The number of rotatable bonds is 4. The predicted octanol–water partition coefficient (Wildman–Crippen LogP) is 2.72. The molecular weight excluding hydrogens is 300 g/mol. The van der Waals surface area contributed by atoms with Crippen LogP contribution in [0.15, 0.2) is 29.0 Å². The molecule has 3 rings (SSSR count). The summed E-state index contributed by atoms with van der Waals surface area (Å²) in [5, 5.41) is 11.0. The van der Waals surface area contributed by atoms with Crippen molar-refractivity contribution >= 4 is 16.9 Å². The first-order valence-electron chi connectivity index (χ1n) is 7.04. The molecule has 1 N–H and O–H groups in total. The highest BCUT2D eigenvalue weighted by Crippen LogP contribution is 2.41. The van der Waals surface area contributed by atoms with Gasteiger partial charge in [-0.3, -0.25) is 0 Å². The number of carbonyl (C=O) groups is 1. The number of fused-ring (bicyclic) bond motifs is 1. The lowest BCUT2D eigenvalue weighted by Gasteiger charge is -2.05. The van der Waals surface area contributed by atoms with Crippen molar-refractivity contribution < 1.29 is 23.8 Å². The molecule has 7 heteroatoms. The number of hydrogen-bond donors (Lipinski definition) is 1. The maximum atomic E-state index is 11.7. The van der Waals surface area contributed by atoms with Crippen LogP contribution in [-0.2, 0) is 11.8 Å². The van der Waals surface area contributed by atoms with Gasteiger partial charge in [0.2, 0.25) is 5.89 Å². The molecule has 0 aliphatic rings. The summed E-state index contributed by atoms with van der Waals surface area (Å²) in [6.07, 6.45) is 3.01. The van der Waals surface area contributed by atoms with Crippen LogP contribution in [0.5, 0.6) is 11.5 Å². The van der Waals surface area contributed by atoms with Crippen LogP contribution in [0.4, 0.5) is 0 Å². The molecule has 2 heterocycles. The van der Waals surface area contributed by atoms with Crippen LogP contribution in [0, 0.1) is 0 Å². The number of esters is 1. The molecule has 120 valence electrons. The third kappa shape index (κ3) is 2.40. The van der Waals surface area contributed by atoms with Gasteiger partial charge in [0.25, 0.3) is 0 Å². The number of aromatic nitrogens is 2. The molecule has 0 aliphatic carbocycles. The fourth-order valence-corrected chi connectivity index (χ4v) is 2.47. The van der Waals surface area contributed by atoms with Gasteiger partial charge < -0.3 is 23.6 Å². The number of hydrogen-bond acceptors (Lipinski definition) is 6. The molecule has 0 bridgehead atoms. The Morgan fingerprint density at radius 1 is 1.43 bits per heavy atom. The molecule has 0 fully saturated rings. The van der Waals surface area contributed by atoms with Crippen molar-refractivity contribution in [2.24, 2.45) is 7.05 Å². The number of carbonyl (C=O) groups excluding carboxylic acids is 1. The topological polar surface area (TPSA) is 86.7 Å². The Morgan fingerprint density at radius 3 is 2.91 bits per heavy atom. The monoisotopic (exact) mass is 316 g/mol. The summed E-state index contributed by atoms with van der Waals surface area (Å²) in [4.78, 5) is 15.9. The maximum absolute atomic E-state index is 11.7. The number of aromatic hydroxyl groups is 1. The Bertz CT molecular complexity index is 878.